The lowest BCUT2D eigenvalue weighted by Crippen LogP contribution is -2.75. The van der Waals surface area contributed by atoms with Crippen LogP contribution < -0.4 is 10.6 Å². The minimum Gasteiger partial charge on any atom is -0.507 e. The SMILES string of the molecule is COCc1cc(N(C)C)c2c(c1O)C(=O)C1C(=O)[C@@]3(O)C(=O)C(C(N)=O)C(O)[C@H](N(C)C)[C@H]3C[C@H]1C2. The molecule has 0 heterocycles. The maximum atomic E-state index is 13.9. The van der Waals surface area contributed by atoms with E-state index in [0.29, 0.717) is 16.8 Å². The molecule has 7 atom stereocenters. The largest absolute Gasteiger partial charge is 0.507 e. The lowest BCUT2D eigenvalue weighted by atomic mass is 9.52. The Morgan fingerprint density at radius 3 is 2.36 bits per heavy atom. The molecule has 2 saturated carbocycles. The van der Waals surface area contributed by atoms with E-state index in [1.807, 2.05) is 0 Å². The molecule has 196 valence electrons. The van der Waals surface area contributed by atoms with Crippen molar-refractivity contribution in [1.82, 2.24) is 4.90 Å². The summed E-state index contributed by atoms with van der Waals surface area (Å²) in [5.74, 6) is -9.17. The van der Waals surface area contributed by atoms with Gasteiger partial charge in [-0.1, -0.05) is 0 Å². The highest BCUT2D eigenvalue weighted by molar-refractivity contribution is 6.25. The molecule has 1 aromatic rings. The lowest BCUT2D eigenvalue weighted by Gasteiger charge is -2.55. The van der Waals surface area contributed by atoms with E-state index in [9.17, 15) is 34.5 Å². The van der Waals surface area contributed by atoms with E-state index in [1.165, 1.54) is 7.11 Å². The van der Waals surface area contributed by atoms with Gasteiger partial charge in [0.2, 0.25) is 5.91 Å². The molecule has 0 spiro atoms. The highest BCUT2D eigenvalue weighted by Gasteiger charge is 2.69. The predicted molar refractivity (Wildman–Crippen MR) is 127 cm³/mol. The molecular formula is C25H33N3O8. The molecule has 1 amide bonds. The van der Waals surface area contributed by atoms with Gasteiger partial charge in [0.25, 0.3) is 0 Å². The average Bonchev–Trinajstić information content (AvgIpc) is 2.77. The van der Waals surface area contributed by atoms with Gasteiger partial charge in [0.1, 0.15) is 11.7 Å². The summed E-state index contributed by atoms with van der Waals surface area (Å²) in [6, 6.07) is 0.803. The zero-order valence-electron chi connectivity index (χ0n) is 21.0. The first kappa shape index (κ1) is 26.2. The van der Waals surface area contributed by atoms with Crippen molar-refractivity contribution in [1.29, 1.82) is 0 Å². The van der Waals surface area contributed by atoms with Gasteiger partial charge in [-0.05, 0) is 44.5 Å². The molecule has 1 aromatic carbocycles. The van der Waals surface area contributed by atoms with Crippen LogP contribution in [-0.2, 0) is 32.1 Å². The number of benzene rings is 1. The number of hydrogen-bond acceptors (Lipinski definition) is 10. The first-order chi connectivity index (χ1) is 16.8. The number of nitrogens with zero attached hydrogens (tertiary/aromatic N) is 2. The molecule has 36 heavy (non-hydrogen) atoms. The van der Waals surface area contributed by atoms with Crippen LogP contribution in [0.15, 0.2) is 6.07 Å². The minimum atomic E-state index is -2.67. The maximum absolute atomic E-state index is 13.9. The number of phenols is 1. The van der Waals surface area contributed by atoms with Crippen molar-refractivity contribution in [2.45, 2.75) is 37.2 Å². The van der Waals surface area contributed by atoms with Crippen molar-refractivity contribution in [3.8, 4) is 5.75 Å². The summed E-state index contributed by atoms with van der Waals surface area (Å²) in [5, 5.41) is 33.5. The van der Waals surface area contributed by atoms with Gasteiger partial charge in [0.05, 0.1) is 24.2 Å². The van der Waals surface area contributed by atoms with Crippen molar-refractivity contribution in [3.63, 3.8) is 0 Å². The standard InChI is InChI=1S/C25H33N3O8/c1-27(2)14-8-11(9-36-5)19(29)16-12(14)6-10-7-13-18(28(3)4)21(31)17(24(26)34)23(33)25(13,35)22(32)15(10)20(16)30/h8,10,13,15,17-18,21,29,31,35H,6-7,9H2,1-5H3,(H2,26,34)/t10-,13-,15?,17?,18-,21?,25-/m1/s1. The number of Topliss-reactive ketones (excluding diaryl/α,β-unsaturated/α-hetero) is 3. The third-order valence-electron chi connectivity index (χ3n) is 8.13. The van der Waals surface area contributed by atoms with Crippen molar-refractivity contribution >= 4 is 28.9 Å². The maximum Gasteiger partial charge on any atom is 0.230 e. The van der Waals surface area contributed by atoms with E-state index in [1.54, 1.807) is 44.1 Å². The number of primary amides is 1. The Hall–Kier alpha value is -2.86. The molecule has 0 aliphatic heterocycles. The highest BCUT2D eigenvalue weighted by Crippen LogP contribution is 2.52. The summed E-state index contributed by atoms with van der Waals surface area (Å²) in [6.07, 6.45) is -1.21. The number of nitrogens with two attached hydrogens (primary N) is 1. The molecule has 3 unspecified atom stereocenters. The van der Waals surface area contributed by atoms with Crippen molar-refractivity contribution in [3.05, 3.63) is 22.8 Å². The molecule has 11 heteroatoms. The number of ether oxygens (including phenoxy) is 1. The number of fused-ring (bicyclic) bond motifs is 3. The molecule has 0 radical (unpaired) electrons. The summed E-state index contributed by atoms with van der Waals surface area (Å²) in [5.41, 5.74) is 4.32. The fourth-order valence-corrected chi connectivity index (χ4v) is 6.59. The van der Waals surface area contributed by atoms with Crippen LogP contribution in [-0.4, -0.2) is 96.5 Å². The fourth-order valence-electron chi connectivity index (χ4n) is 6.59. The zero-order valence-corrected chi connectivity index (χ0v) is 21.0. The summed E-state index contributed by atoms with van der Waals surface area (Å²) in [6.45, 7) is 0.0302. The summed E-state index contributed by atoms with van der Waals surface area (Å²) in [4.78, 5) is 56.5. The Morgan fingerprint density at radius 1 is 1.19 bits per heavy atom. The monoisotopic (exact) mass is 503 g/mol. The smallest absolute Gasteiger partial charge is 0.230 e. The number of aliphatic hydroxyl groups excluding tert-OH is 1. The van der Waals surface area contributed by atoms with Gasteiger partial charge in [-0.2, -0.15) is 0 Å². The quantitative estimate of drug-likeness (QED) is 0.361. The topological polar surface area (TPSA) is 171 Å². The van der Waals surface area contributed by atoms with Gasteiger partial charge < -0.3 is 35.6 Å². The Balaban J connectivity index is 1.89. The van der Waals surface area contributed by atoms with Gasteiger partial charge in [0, 0.05) is 44.4 Å². The average molecular weight is 504 g/mol. The van der Waals surface area contributed by atoms with Crippen LogP contribution in [0.4, 0.5) is 5.69 Å². The first-order valence-corrected chi connectivity index (χ1v) is 11.8. The van der Waals surface area contributed by atoms with Gasteiger partial charge in [0.15, 0.2) is 23.0 Å². The molecule has 0 aromatic heterocycles. The van der Waals surface area contributed by atoms with Crippen molar-refractivity contribution < 1.29 is 39.2 Å². The Kier molecular flexibility index (Phi) is 6.49. The number of hydrogen-bond donors (Lipinski definition) is 4. The van der Waals surface area contributed by atoms with Gasteiger partial charge in [-0.25, -0.2) is 0 Å². The van der Waals surface area contributed by atoms with E-state index in [2.05, 4.69) is 0 Å². The number of carbonyl (C=O) groups excluding carboxylic acids is 4. The molecular weight excluding hydrogens is 470 g/mol. The number of amides is 1. The van der Waals surface area contributed by atoms with Crippen molar-refractivity contribution in [2.75, 3.05) is 40.2 Å². The first-order valence-electron chi connectivity index (χ1n) is 11.8. The minimum absolute atomic E-state index is 0.0243. The van der Waals surface area contributed by atoms with Crippen LogP contribution in [0.5, 0.6) is 5.75 Å². The second-order valence-electron chi connectivity index (χ2n) is 10.6. The summed E-state index contributed by atoms with van der Waals surface area (Å²) < 4.78 is 5.16. The van der Waals surface area contributed by atoms with Crippen LogP contribution in [0.25, 0.3) is 0 Å². The zero-order chi connectivity index (χ0) is 26.9. The molecule has 4 rings (SSSR count). The fraction of sp³-hybridized carbons (Fsp3) is 0.600. The number of ketones is 3. The van der Waals surface area contributed by atoms with Gasteiger partial charge >= 0.3 is 0 Å². The van der Waals surface area contributed by atoms with Crippen molar-refractivity contribution in [2.24, 2.45) is 29.4 Å². The van der Waals surface area contributed by atoms with Crippen LogP contribution in [0.3, 0.4) is 0 Å². The Labute approximate surface area is 208 Å². The summed E-state index contributed by atoms with van der Waals surface area (Å²) in [7, 11) is 8.27. The summed E-state index contributed by atoms with van der Waals surface area (Å²) >= 11 is 0. The number of carbonyl (C=O) groups is 4. The number of rotatable bonds is 5. The molecule has 11 nitrogen and oxygen atoms in total. The second-order valence-corrected chi connectivity index (χ2v) is 10.6. The van der Waals surface area contributed by atoms with Crippen LogP contribution >= 0.6 is 0 Å². The number of phenolic OH excluding ortho intramolecular Hbond substituents is 1. The molecule has 0 bridgehead atoms. The van der Waals surface area contributed by atoms with Crippen LogP contribution in [0.1, 0.15) is 27.9 Å². The third-order valence-corrected chi connectivity index (χ3v) is 8.13. The normalized spacial score (nSPS) is 33.7. The highest BCUT2D eigenvalue weighted by atomic mass is 16.5. The van der Waals surface area contributed by atoms with E-state index in [-0.39, 0.29) is 30.8 Å². The number of aromatic hydroxyl groups is 1. The van der Waals surface area contributed by atoms with Crippen LogP contribution in [0, 0.1) is 23.7 Å². The van der Waals surface area contributed by atoms with Gasteiger partial charge in [-0.15, -0.1) is 0 Å². The molecule has 0 saturated heterocycles. The second kappa shape index (κ2) is 8.91. The molecule has 3 aliphatic rings. The van der Waals surface area contributed by atoms with E-state index in [0.717, 1.165) is 0 Å². The molecule has 2 fully saturated rings. The predicted octanol–water partition coefficient (Wildman–Crippen LogP) is -1.13. The van der Waals surface area contributed by atoms with Gasteiger partial charge in [-0.3, -0.25) is 19.2 Å². The number of likely N-dealkylation sites (N-methyl/N-ethyl adjacent to an activating group) is 1. The third kappa shape index (κ3) is 3.48. The Morgan fingerprint density at radius 2 is 1.83 bits per heavy atom. The van der Waals surface area contributed by atoms with E-state index in [4.69, 9.17) is 10.5 Å². The number of aliphatic hydroxyl groups is 2. The van der Waals surface area contributed by atoms with E-state index < -0.39 is 64.7 Å². The number of methoxy groups -OCH3 is 1. The van der Waals surface area contributed by atoms with Crippen LogP contribution in [0.2, 0.25) is 0 Å². The Bertz CT molecular complexity index is 1150. The molecule has 5 N–H and O–H groups in total. The van der Waals surface area contributed by atoms with E-state index >= 15 is 0 Å². The molecule has 3 aliphatic carbocycles. The number of anilines is 1. The lowest BCUT2D eigenvalue weighted by molar-refractivity contribution is -0.190.